The monoisotopic (exact) mass is 267 g/mol. The van der Waals surface area contributed by atoms with Gasteiger partial charge in [0, 0.05) is 6.04 Å². The lowest BCUT2D eigenvalue weighted by Gasteiger charge is -2.21. The van der Waals surface area contributed by atoms with Gasteiger partial charge in [0.25, 0.3) is 0 Å². The van der Waals surface area contributed by atoms with Crippen molar-refractivity contribution in [2.24, 2.45) is 0 Å². The predicted octanol–water partition coefficient (Wildman–Crippen LogP) is 4.38. The van der Waals surface area contributed by atoms with Crippen molar-refractivity contribution in [3.63, 3.8) is 0 Å². The summed E-state index contributed by atoms with van der Waals surface area (Å²) < 4.78 is 26.3. The van der Waals surface area contributed by atoms with E-state index >= 15 is 0 Å². The third-order valence-electron chi connectivity index (χ3n) is 4.02. The SMILES string of the molecule is CCCNC1CCCCC(c2ccc(F)c(F)c2)C1. The van der Waals surface area contributed by atoms with Crippen LogP contribution in [-0.2, 0) is 0 Å². The first-order valence-corrected chi connectivity index (χ1v) is 7.39. The molecule has 0 saturated heterocycles. The molecular weight excluding hydrogens is 244 g/mol. The third kappa shape index (κ3) is 4.00. The van der Waals surface area contributed by atoms with Gasteiger partial charge < -0.3 is 5.32 Å². The van der Waals surface area contributed by atoms with E-state index in [4.69, 9.17) is 0 Å². The lowest BCUT2D eigenvalue weighted by Crippen LogP contribution is -2.30. The molecule has 0 aromatic heterocycles. The summed E-state index contributed by atoms with van der Waals surface area (Å²) in [5.41, 5.74) is 0.948. The Morgan fingerprint density at radius 3 is 2.68 bits per heavy atom. The molecule has 1 fully saturated rings. The molecule has 2 rings (SSSR count). The number of nitrogens with one attached hydrogen (secondary N) is 1. The average Bonchev–Trinajstić information content (AvgIpc) is 2.65. The summed E-state index contributed by atoms with van der Waals surface area (Å²) in [6.45, 7) is 3.20. The van der Waals surface area contributed by atoms with E-state index in [1.807, 2.05) is 0 Å². The Morgan fingerprint density at radius 1 is 1.16 bits per heavy atom. The number of halogens is 2. The van der Waals surface area contributed by atoms with Gasteiger partial charge in [-0.3, -0.25) is 0 Å². The second-order valence-corrected chi connectivity index (χ2v) is 5.54. The maximum absolute atomic E-state index is 13.3. The minimum absolute atomic E-state index is 0.354. The highest BCUT2D eigenvalue weighted by molar-refractivity contribution is 5.22. The van der Waals surface area contributed by atoms with Crippen LogP contribution in [0.25, 0.3) is 0 Å². The van der Waals surface area contributed by atoms with E-state index in [2.05, 4.69) is 12.2 Å². The summed E-state index contributed by atoms with van der Waals surface area (Å²) >= 11 is 0. The molecule has 2 unspecified atom stereocenters. The van der Waals surface area contributed by atoms with Crippen LogP contribution in [0.3, 0.4) is 0 Å². The lowest BCUT2D eigenvalue weighted by atomic mass is 9.90. The molecule has 0 radical (unpaired) electrons. The largest absolute Gasteiger partial charge is 0.314 e. The van der Waals surface area contributed by atoms with Crippen molar-refractivity contribution < 1.29 is 8.78 Å². The Labute approximate surface area is 114 Å². The number of hydrogen-bond acceptors (Lipinski definition) is 1. The Bertz CT molecular complexity index is 406. The fourth-order valence-electron chi connectivity index (χ4n) is 2.96. The van der Waals surface area contributed by atoms with Gasteiger partial charge in [-0.2, -0.15) is 0 Å². The van der Waals surface area contributed by atoms with Crippen molar-refractivity contribution in [1.82, 2.24) is 5.32 Å². The van der Waals surface area contributed by atoms with E-state index in [1.54, 1.807) is 6.07 Å². The molecule has 1 aromatic carbocycles. The normalized spacial score (nSPS) is 24.2. The zero-order chi connectivity index (χ0) is 13.7. The molecule has 1 aliphatic rings. The van der Waals surface area contributed by atoms with E-state index in [9.17, 15) is 8.78 Å². The Hall–Kier alpha value is -0.960. The van der Waals surface area contributed by atoms with Gasteiger partial charge in [-0.1, -0.05) is 25.8 Å². The summed E-state index contributed by atoms with van der Waals surface area (Å²) in [5.74, 6) is -1.12. The summed E-state index contributed by atoms with van der Waals surface area (Å²) in [5, 5.41) is 3.57. The van der Waals surface area contributed by atoms with Crippen LogP contribution < -0.4 is 5.32 Å². The topological polar surface area (TPSA) is 12.0 Å². The predicted molar refractivity (Wildman–Crippen MR) is 74.3 cm³/mol. The second kappa shape index (κ2) is 6.99. The highest BCUT2D eigenvalue weighted by Gasteiger charge is 2.21. The van der Waals surface area contributed by atoms with Crippen molar-refractivity contribution in [2.75, 3.05) is 6.54 Å². The molecule has 3 heteroatoms. The maximum Gasteiger partial charge on any atom is 0.159 e. The van der Waals surface area contributed by atoms with Gasteiger partial charge >= 0.3 is 0 Å². The second-order valence-electron chi connectivity index (χ2n) is 5.54. The quantitative estimate of drug-likeness (QED) is 0.798. The molecule has 0 amide bonds. The minimum atomic E-state index is -0.752. The van der Waals surface area contributed by atoms with Gasteiger partial charge in [-0.15, -0.1) is 0 Å². The van der Waals surface area contributed by atoms with Gasteiger partial charge in [-0.25, -0.2) is 8.78 Å². The summed E-state index contributed by atoms with van der Waals surface area (Å²) in [6, 6.07) is 4.89. The van der Waals surface area contributed by atoms with Crippen molar-refractivity contribution in [3.8, 4) is 0 Å². The van der Waals surface area contributed by atoms with Crippen LogP contribution in [-0.4, -0.2) is 12.6 Å². The average molecular weight is 267 g/mol. The number of hydrogen-bond donors (Lipinski definition) is 1. The van der Waals surface area contributed by atoms with Crippen molar-refractivity contribution in [1.29, 1.82) is 0 Å². The molecule has 1 nitrogen and oxygen atoms in total. The van der Waals surface area contributed by atoms with Crippen LogP contribution in [0.4, 0.5) is 8.78 Å². The van der Waals surface area contributed by atoms with Crippen LogP contribution in [0.5, 0.6) is 0 Å². The van der Waals surface area contributed by atoms with E-state index in [0.29, 0.717) is 12.0 Å². The van der Waals surface area contributed by atoms with Crippen molar-refractivity contribution >= 4 is 0 Å². The molecule has 19 heavy (non-hydrogen) atoms. The molecule has 0 spiro atoms. The molecular formula is C16H23F2N. The number of benzene rings is 1. The van der Waals surface area contributed by atoms with E-state index in [-0.39, 0.29) is 0 Å². The molecule has 1 aliphatic carbocycles. The molecule has 0 bridgehead atoms. The molecule has 106 valence electrons. The van der Waals surface area contributed by atoms with Gasteiger partial charge in [0.15, 0.2) is 11.6 Å². The van der Waals surface area contributed by atoms with Crippen LogP contribution in [0.2, 0.25) is 0 Å². The Morgan fingerprint density at radius 2 is 1.95 bits per heavy atom. The highest BCUT2D eigenvalue weighted by atomic mass is 19.2. The molecule has 0 aliphatic heterocycles. The highest BCUT2D eigenvalue weighted by Crippen LogP contribution is 2.32. The fourth-order valence-corrected chi connectivity index (χ4v) is 2.96. The molecule has 1 aromatic rings. The fraction of sp³-hybridized carbons (Fsp3) is 0.625. The van der Waals surface area contributed by atoms with Crippen LogP contribution >= 0.6 is 0 Å². The summed E-state index contributed by atoms with van der Waals surface area (Å²) in [7, 11) is 0. The van der Waals surface area contributed by atoms with Gasteiger partial charge in [-0.05, 0) is 55.8 Å². The third-order valence-corrected chi connectivity index (χ3v) is 4.02. The Balaban J connectivity index is 2.06. The van der Waals surface area contributed by atoms with E-state index < -0.39 is 11.6 Å². The minimum Gasteiger partial charge on any atom is -0.314 e. The van der Waals surface area contributed by atoms with Gasteiger partial charge in [0.2, 0.25) is 0 Å². The summed E-state index contributed by atoms with van der Waals surface area (Å²) in [6.07, 6.45) is 6.84. The smallest absolute Gasteiger partial charge is 0.159 e. The van der Waals surface area contributed by atoms with Crippen molar-refractivity contribution in [2.45, 2.75) is 57.4 Å². The van der Waals surface area contributed by atoms with Crippen LogP contribution in [0, 0.1) is 11.6 Å². The van der Waals surface area contributed by atoms with E-state index in [1.165, 1.54) is 31.4 Å². The Kier molecular flexibility index (Phi) is 5.32. The number of rotatable bonds is 4. The summed E-state index contributed by atoms with van der Waals surface area (Å²) in [4.78, 5) is 0. The standard InChI is InChI=1S/C16H23F2N/c1-2-9-19-14-6-4-3-5-12(10-14)13-7-8-15(17)16(18)11-13/h7-8,11-12,14,19H,2-6,9-10H2,1H3. The lowest BCUT2D eigenvalue weighted by molar-refractivity contribution is 0.437. The van der Waals surface area contributed by atoms with Gasteiger partial charge in [0.05, 0.1) is 0 Å². The first-order chi connectivity index (χ1) is 9.20. The molecule has 2 atom stereocenters. The zero-order valence-electron chi connectivity index (χ0n) is 11.6. The zero-order valence-corrected chi connectivity index (χ0v) is 11.6. The maximum atomic E-state index is 13.3. The van der Waals surface area contributed by atoms with Crippen LogP contribution in [0.15, 0.2) is 18.2 Å². The molecule has 0 heterocycles. The van der Waals surface area contributed by atoms with Crippen LogP contribution in [0.1, 0.15) is 56.9 Å². The van der Waals surface area contributed by atoms with Crippen molar-refractivity contribution in [3.05, 3.63) is 35.4 Å². The molecule has 1 saturated carbocycles. The first kappa shape index (κ1) is 14.4. The van der Waals surface area contributed by atoms with Gasteiger partial charge in [0.1, 0.15) is 0 Å². The molecule has 1 N–H and O–H groups in total. The van der Waals surface area contributed by atoms with E-state index in [0.717, 1.165) is 31.4 Å². The first-order valence-electron chi connectivity index (χ1n) is 7.39.